The molecular formula is C15H21N3O2S. The van der Waals surface area contributed by atoms with Gasteiger partial charge in [-0.3, -0.25) is 9.36 Å². The van der Waals surface area contributed by atoms with Crippen LogP contribution in [0.2, 0.25) is 0 Å². The molecule has 1 atom stereocenters. The number of hydrogen-bond donors (Lipinski definition) is 1. The molecule has 0 saturated carbocycles. The third-order valence-electron chi connectivity index (χ3n) is 4.14. The molecule has 0 radical (unpaired) electrons. The maximum Gasteiger partial charge on any atom is 0.262 e. The second-order valence-electron chi connectivity index (χ2n) is 5.64. The Balaban J connectivity index is 1.65. The predicted octanol–water partition coefficient (Wildman–Crippen LogP) is 1.70. The molecule has 2 aromatic rings. The van der Waals surface area contributed by atoms with Crippen LogP contribution in [0.25, 0.3) is 10.2 Å². The van der Waals surface area contributed by atoms with Crippen molar-refractivity contribution in [2.75, 3.05) is 26.3 Å². The zero-order valence-corrected chi connectivity index (χ0v) is 13.3. The summed E-state index contributed by atoms with van der Waals surface area (Å²) in [7, 11) is 0. The van der Waals surface area contributed by atoms with Crippen molar-refractivity contribution in [3.63, 3.8) is 0 Å². The van der Waals surface area contributed by atoms with Gasteiger partial charge in [0.05, 0.1) is 18.3 Å². The first-order valence-electron chi connectivity index (χ1n) is 7.40. The van der Waals surface area contributed by atoms with E-state index in [1.54, 1.807) is 22.2 Å². The lowest BCUT2D eigenvalue weighted by Crippen LogP contribution is -2.30. The van der Waals surface area contributed by atoms with Crippen molar-refractivity contribution in [2.24, 2.45) is 5.92 Å². The quantitative estimate of drug-likeness (QED) is 0.854. The topological polar surface area (TPSA) is 56.1 Å². The van der Waals surface area contributed by atoms with Gasteiger partial charge in [-0.25, -0.2) is 4.98 Å². The molecule has 114 valence electrons. The summed E-state index contributed by atoms with van der Waals surface area (Å²) in [5.74, 6) is 0.615. The SMILES string of the molecule is Cc1sc2ncn(CCNCC3CCOC3)c(=O)c2c1C. The molecule has 1 aliphatic rings. The van der Waals surface area contributed by atoms with E-state index in [2.05, 4.69) is 10.3 Å². The molecule has 5 nitrogen and oxygen atoms in total. The van der Waals surface area contributed by atoms with E-state index >= 15 is 0 Å². The van der Waals surface area contributed by atoms with Crippen LogP contribution in [-0.4, -0.2) is 35.9 Å². The monoisotopic (exact) mass is 307 g/mol. The molecule has 1 N–H and O–H groups in total. The normalized spacial score (nSPS) is 18.7. The zero-order valence-electron chi connectivity index (χ0n) is 12.5. The number of hydrogen-bond acceptors (Lipinski definition) is 5. The van der Waals surface area contributed by atoms with Crippen LogP contribution in [0.1, 0.15) is 16.9 Å². The van der Waals surface area contributed by atoms with Crippen molar-refractivity contribution in [3.8, 4) is 0 Å². The minimum Gasteiger partial charge on any atom is -0.381 e. The van der Waals surface area contributed by atoms with Gasteiger partial charge in [0.1, 0.15) is 4.83 Å². The Labute approximate surface area is 128 Å². The summed E-state index contributed by atoms with van der Waals surface area (Å²) in [6.07, 6.45) is 2.80. The molecule has 1 unspecified atom stereocenters. The van der Waals surface area contributed by atoms with E-state index in [1.165, 1.54) is 4.88 Å². The van der Waals surface area contributed by atoms with Gasteiger partial charge in [0.15, 0.2) is 0 Å². The average molecular weight is 307 g/mol. The second kappa shape index (κ2) is 6.25. The Morgan fingerprint density at radius 2 is 2.38 bits per heavy atom. The van der Waals surface area contributed by atoms with Crippen molar-refractivity contribution in [1.29, 1.82) is 0 Å². The van der Waals surface area contributed by atoms with Crippen LogP contribution in [0.3, 0.4) is 0 Å². The van der Waals surface area contributed by atoms with Gasteiger partial charge >= 0.3 is 0 Å². The number of thiophene rings is 1. The molecule has 0 aromatic carbocycles. The van der Waals surface area contributed by atoms with E-state index in [0.717, 1.165) is 48.5 Å². The Bertz CT molecular complexity index is 686. The molecule has 1 saturated heterocycles. The van der Waals surface area contributed by atoms with Gasteiger partial charge in [-0.2, -0.15) is 0 Å². The molecule has 3 rings (SSSR count). The fraction of sp³-hybridized carbons (Fsp3) is 0.600. The zero-order chi connectivity index (χ0) is 14.8. The molecule has 1 aliphatic heterocycles. The highest BCUT2D eigenvalue weighted by Gasteiger charge is 2.15. The summed E-state index contributed by atoms with van der Waals surface area (Å²) in [4.78, 5) is 18.9. The van der Waals surface area contributed by atoms with Gasteiger partial charge in [0.25, 0.3) is 5.56 Å². The highest BCUT2D eigenvalue weighted by molar-refractivity contribution is 7.18. The Hall–Kier alpha value is -1.24. The lowest BCUT2D eigenvalue weighted by atomic mass is 10.1. The highest BCUT2D eigenvalue weighted by atomic mass is 32.1. The largest absolute Gasteiger partial charge is 0.381 e. The molecule has 0 amide bonds. The van der Waals surface area contributed by atoms with Gasteiger partial charge in [-0.05, 0) is 31.7 Å². The first-order valence-corrected chi connectivity index (χ1v) is 8.22. The van der Waals surface area contributed by atoms with Gasteiger partial charge in [-0.1, -0.05) is 0 Å². The van der Waals surface area contributed by atoms with E-state index < -0.39 is 0 Å². The number of aromatic nitrogens is 2. The molecule has 6 heteroatoms. The average Bonchev–Trinajstić information content (AvgIpc) is 3.07. The van der Waals surface area contributed by atoms with Crippen LogP contribution >= 0.6 is 11.3 Å². The summed E-state index contributed by atoms with van der Waals surface area (Å²) in [5.41, 5.74) is 1.14. The Morgan fingerprint density at radius 3 is 3.14 bits per heavy atom. The fourth-order valence-corrected chi connectivity index (χ4v) is 3.67. The number of rotatable bonds is 5. The molecule has 3 heterocycles. The predicted molar refractivity (Wildman–Crippen MR) is 85.1 cm³/mol. The maximum absolute atomic E-state index is 12.5. The van der Waals surface area contributed by atoms with E-state index in [1.807, 2.05) is 13.8 Å². The third kappa shape index (κ3) is 3.02. The number of nitrogens with one attached hydrogen (secondary N) is 1. The van der Waals surface area contributed by atoms with Crippen LogP contribution < -0.4 is 10.9 Å². The van der Waals surface area contributed by atoms with Crippen molar-refractivity contribution in [3.05, 3.63) is 27.1 Å². The maximum atomic E-state index is 12.5. The molecule has 21 heavy (non-hydrogen) atoms. The van der Waals surface area contributed by atoms with Crippen molar-refractivity contribution in [1.82, 2.24) is 14.9 Å². The number of aryl methyl sites for hydroxylation is 2. The molecule has 0 bridgehead atoms. The molecule has 0 spiro atoms. The molecule has 2 aromatic heterocycles. The first-order chi connectivity index (χ1) is 10.2. The van der Waals surface area contributed by atoms with Crippen molar-refractivity contribution in [2.45, 2.75) is 26.8 Å². The van der Waals surface area contributed by atoms with Crippen LogP contribution in [0.15, 0.2) is 11.1 Å². The van der Waals surface area contributed by atoms with Crippen LogP contribution in [-0.2, 0) is 11.3 Å². The van der Waals surface area contributed by atoms with E-state index in [0.29, 0.717) is 12.5 Å². The van der Waals surface area contributed by atoms with Crippen LogP contribution in [0.4, 0.5) is 0 Å². The van der Waals surface area contributed by atoms with Gasteiger partial charge in [0, 0.05) is 31.1 Å². The Morgan fingerprint density at radius 1 is 1.52 bits per heavy atom. The minimum absolute atomic E-state index is 0.0767. The van der Waals surface area contributed by atoms with Crippen LogP contribution in [0, 0.1) is 19.8 Å². The van der Waals surface area contributed by atoms with E-state index in [-0.39, 0.29) is 5.56 Å². The molecule has 0 aliphatic carbocycles. The summed E-state index contributed by atoms with van der Waals surface area (Å²) >= 11 is 1.59. The smallest absolute Gasteiger partial charge is 0.262 e. The number of ether oxygens (including phenoxy) is 1. The van der Waals surface area contributed by atoms with Gasteiger partial charge < -0.3 is 10.1 Å². The van der Waals surface area contributed by atoms with Crippen LogP contribution in [0.5, 0.6) is 0 Å². The lowest BCUT2D eigenvalue weighted by Gasteiger charge is -2.10. The highest BCUT2D eigenvalue weighted by Crippen LogP contribution is 2.25. The minimum atomic E-state index is 0.0767. The molecular weight excluding hydrogens is 286 g/mol. The van der Waals surface area contributed by atoms with Gasteiger partial charge in [0.2, 0.25) is 0 Å². The summed E-state index contributed by atoms with van der Waals surface area (Å²) in [6, 6.07) is 0. The summed E-state index contributed by atoms with van der Waals surface area (Å²) in [5, 5.41) is 4.19. The standard InChI is InChI=1S/C15H21N3O2S/c1-10-11(2)21-14-13(10)15(19)18(9-17-14)5-4-16-7-12-3-6-20-8-12/h9,12,16H,3-8H2,1-2H3. The van der Waals surface area contributed by atoms with Gasteiger partial charge in [-0.15, -0.1) is 11.3 Å². The van der Waals surface area contributed by atoms with E-state index in [9.17, 15) is 4.79 Å². The third-order valence-corrected chi connectivity index (χ3v) is 5.26. The van der Waals surface area contributed by atoms with Crippen molar-refractivity contribution >= 4 is 21.6 Å². The lowest BCUT2D eigenvalue weighted by molar-refractivity contribution is 0.185. The summed E-state index contributed by atoms with van der Waals surface area (Å²) in [6.45, 7) is 8.17. The number of fused-ring (bicyclic) bond motifs is 1. The summed E-state index contributed by atoms with van der Waals surface area (Å²) < 4.78 is 7.06. The van der Waals surface area contributed by atoms with Crippen molar-refractivity contribution < 1.29 is 4.74 Å². The fourth-order valence-electron chi connectivity index (χ4n) is 2.68. The Kier molecular flexibility index (Phi) is 4.37. The second-order valence-corrected chi connectivity index (χ2v) is 6.84. The molecule has 1 fully saturated rings. The first kappa shape index (κ1) is 14.7. The van der Waals surface area contributed by atoms with E-state index in [4.69, 9.17) is 4.74 Å². The number of nitrogens with zero attached hydrogens (tertiary/aromatic N) is 2.